The van der Waals surface area contributed by atoms with E-state index in [2.05, 4.69) is 15.2 Å². The maximum atomic E-state index is 11.9. The number of hydrogen-bond acceptors (Lipinski definition) is 5. The quantitative estimate of drug-likeness (QED) is 0.740. The molecule has 3 N–H and O–H groups in total. The van der Waals surface area contributed by atoms with Crippen molar-refractivity contribution in [1.82, 2.24) is 20.1 Å². The molecule has 6 nitrogen and oxygen atoms in total. The van der Waals surface area contributed by atoms with Crippen LogP contribution in [-0.4, -0.2) is 50.6 Å². The minimum Gasteiger partial charge on any atom is -0.366 e. The summed E-state index contributed by atoms with van der Waals surface area (Å²) in [5, 5.41) is 6.16. The zero-order valence-corrected chi connectivity index (χ0v) is 9.25. The number of nitrogens with one attached hydrogen (secondary N) is 1. The van der Waals surface area contributed by atoms with Crippen LogP contribution >= 0.6 is 11.8 Å². The Morgan fingerprint density at radius 3 is 3.07 bits per heavy atom. The van der Waals surface area contributed by atoms with E-state index < -0.39 is 0 Å². The Bertz CT molecular complexity index is 360. The lowest BCUT2D eigenvalue weighted by Gasteiger charge is -2.22. The van der Waals surface area contributed by atoms with Gasteiger partial charge in [0.15, 0.2) is 0 Å². The lowest BCUT2D eigenvalue weighted by Crippen LogP contribution is -2.37. The molecule has 1 aliphatic rings. The van der Waals surface area contributed by atoms with Gasteiger partial charge in [0.25, 0.3) is 5.91 Å². The van der Waals surface area contributed by atoms with Crippen LogP contribution < -0.4 is 5.73 Å². The van der Waals surface area contributed by atoms with E-state index in [9.17, 15) is 4.79 Å². The zero-order valence-electron chi connectivity index (χ0n) is 8.43. The minimum atomic E-state index is -0.147. The largest absolute Gasteiger partial charge is 0.366 e. The Morgan fingerprint density at radius 2 is 2.53 bits per heavy atom. The van der Waals surface area contributed by atoms with Crippen LogP contribution in [0.2, 0.25) is 0 Å². The fourth-order valence-corrected chi connectivity index (χ4v) is 2.80. The summed E-state index contributed by atoms with van der Waals surface area (Å²) < 4.78 is 0. The summed E-state index contributed by atoms with van der Waals surface area (Å²) in [5.41, 5.74) is 5.34. The average Bonchev–Trinajstić information content (AvgIpc) is 2.85. The summed E-state index contributed by atoms with van der Waals surface area (Å²) in [6.07, 6.45) is 1.04. The molecule has 0 spiro atoms. The number of amides is 1. The topological polar surface area (TPSA) is 87.9 Å². The lowest BCUT2D eigenvalue weighted by molar-refractivity contribution is 0.0736. The van der Waals surface area contributed by atoms with Crippen molar-refractivity contribution in [1.29, 1.82) is 0 Å². The summed E-state index contributed by atoms with van der Waals surface area (Å²) in [5.74, 6) is 2.28. The van der Waals surface area contributed by atoms with Gasteiger partial charge in [0.2, 0.25) is 11.8 Å². The van der Waals surface area contributed by atoms with E-state index >= 15 is 0 Å². The highest BCUT2D eigenvalue weighted by atomic mass is 32.2. The van der Waals surface area contributed by atoms with Crippen LogP contribution in [0.5, 0.6) is 0 Å². The molecule has 1 aromatic heterocycles. The SMILES string of the molecule is CN(C(=O)c1nc(N)n[nH]1)C1CCSC1. The van der Waals surface area contributed by atoms with E-state index in [-0.39, 0.29) is 17.7 Å². The van der Waals surface area contributed by atoms with E-state index in [1.54, 1.807) is 11.9 Å². The lowest BCUT2D eigenvalue weighted by atomic mass is 10.2. The predicted molar refractivity (Wildman–Crippen MR) is 58.6 cm³/mol. The summed E-state index contributed by atoms with van der Waals surface area (Å²) in [6.45, 7) is 0. The maximum Gasteiger partial charge on any atom is 0.291 e. The normalized spacial score (nSPS) is 20.5. The molecule has 1 saturated heterocycles. The Labute approximate surface area is 91.6 Å². The molecule has 0 aromatic carbocycles. The van der Waals surface area contributed by atoms with Crippen molar-refractivity contribution < 1.29 is 4.79 Å². The maximum absolute atomic E-state index is 11.9. The summed E-state index contributed by atoms with van der Waals surface area (Å²) in [6, 6.07) is 0.300. The standard InChI is InChI=1S/C8H13N5OS/c1-13(5-2-3-15-4-5)7(14)6-10-8(9)12-11-6/h5H,2-4H2,1H3,(H3,9,10,11,12). The van der Waals surface area contributed by atoms with Crippen LogP contribution in [-0.2, 0) is 0 Å². The minimum absolute atomic E-state index is 0.104. The van der Waals surface area contributed by atoms with Gasteiger partial charge in [-0.2, -0.15) is 16.7 Å². The molecule has 0 bridgehead atoms. The number of H-pyrrole nitrogens is 1. The van der Waals surface area contributed by atoms with Crippen molar-refractivity contribution in [3.8, 4) is 0 Å². The average molecular weight is 227 g/mol. The Balaban J connectivity index is 2.06. The van der Waals surface area contributed by atoms with Gasteiger partial charge in [-0.25, -0.2) is 0 Å². The van der Waals surface area contributed by atoms with E-state index in [0.717, 1.165) is 17.9 Å². The number of carbonyl (C=O) groups is 1. The van der Waals surface area contributed by atoms with Crippen LogP contribution in [0, 0.1) is 0 Å². The molecule has 1 unspecified atom stereocenters. The molecular formula is C8H13N5OS. The Kier molecular flexibility index (Phi) is 2.81. The molecule has 0 saturated carbocycles. The first-order valence-corrected chi connectivity index (χ1v) is 5.86. The molecule has 1 aliphatic heterocycles. The van der Waals surface area contributed by atoms with E-state index in [0.29, 0.717) is 6.04 Å². The highest BCUT2D eigenvalue weighted by Gasteiger charge is 2.26. The van der Waals surface area contributed by atoms with Crippen LogP contribution in [0.25, 0.3) is 0 Å². The van der Waals surface area contributed by atoms with Gasteiger partial charge >= 0.3 is 0 Å². The molecule has 2 rings (SSSR count). The van der Waals surface area contributed by atoms with Gasteiger partial charge in [-0.1, -0.05) is 0 Å². The van der Waals surface area contributed by atoms with Gasteiger partial charge in [-0.3, -0.25) is 9.89 Å². The second-order valence-electron chi connectivity index (χ2n) is 3.48. The van der Waals surface area contributed by atoms with Crippen molar-refractivity contribution in [2.45, 2.75) is 12.5 Å². The van der Waals surface area contributed by atoms with Crippen molar-refractivity contribution in [2.75, 3.05) is 24.3 Å². The third-order valence-electron chi connectivity index (χ3n) is 2.48. The Morgan fingerprint density at radius 1 is 1.73 bits per heavy atom. The molecule has 0 radical (unpaired) electrons. The third-order valence-corrected chi connectivity index (χ3v) is 3.62. The number of aromatic nitrogens is 3. The second kappa shape index (κ2) is 4.09. The smallest absolute Gasteiger partial charge is 0.291 e. The molecule has 1 atom stereocenters. The number of nitrogen functional groups attached to an aromatic ring is 1. The van der Waals surface area contributed by atoms with Crippen molar-refractivity contribution in [3.05, 3.63) is 5.82 Å². The number of thioether (sulfide) groups is 1. The molecule has 15 heavy (non-hydrogen) atoms. The summed E-state index contributed by atoms with van der Waals surface area (Å²) in [4.78, 5) is 17.4. The van der Waals surface area contributed by atoms with Crippen LogP contribution in [0.1, 0.15) is 17.0 Å². The first kappa shape index (κ1) is 10.3. The number of aromatic amines is 1. The first-order chi connectivity index (χ1) is 7.18. The molecule has 1 fully saturated rings. The van der Waals surface area contributed by atoms with Gasteiger partial charge in [0.1, 0.15) is 0 Å². The van der Waals surface area contributed by atoms with Crippen molar-refractivity contribution in [2.24, 2.45) is 0 Å². The molecular weight excluding hydrogens is 214 g/mol. The number of nitrogens with two attached hydrogens (primary N) is 1. The number of rotatable bonds is 2. The molecule has 0 aliphatic carbocycles. The first-order valence-electron chi connectivity index (χ1n) is 4.71. The molecule has 2 heterocycles. The second-order valence-corrected chi connectivity index (χ2v) is 4.63. The van der Waals surface area contributed by atoms with Gasteiger partial charge in [-0.15, -0.1) is 5.10 Å². The fraction of sp³-hybridized carbons (Fsp3) is 0.625. The van der Waals surface area contributed by atoms with Crippen LogP contribution in [0.15, 0.2) is 0 Å². The number of anilines is 1. The molecule has 1 amide bonds. The van der Waals surface area contributed by atoms with Gasteiger partial charge in [-0.05, 0) is 12.2 Å². The number of carbonyl (C=O) groups excluding carboxylic acids is 1. The van der Waals surface area contributed by atoms with Gasteiger partial charge in [0, 0.05) is 18.8 Å². The van der Waals surface area contributed by atoms with Gasteiger partial charge in [0.05, 0.1) is 0 Å². The highest BCUT2D eigenvalue weighted by Crippen LogP contribution is 2.22. The predicted octanol–water partition coefficient (Wildman–Crippen LogP) is -0.0356. The highest BCUT2D eigenvalue weighted by molar-refractivity contribution is 7.99. The fourth-order valence-electron chi connectivity index (χ4n) is 1.53. The monoisotopic (exact) mass is 227 g/mol. The van der Waals surface area contributed by atoms with Crippen molar-refractivity contribution >= 4 is 23.6 Å². The van der Waals surface area contributed by atoms with Crippen molar-refractivity contribution in [3.63, 3.8) is 0 Å². The summed E-state index contributed by atoms with van der Waals surface area (Å²) in [7, 11) is 1.79. The number of nitrogens with zero attached hydrogens (tertiary/aromatic N) is 3. The summed E-state index contributed by atoms with van der Waals surface area (Å²) >= 11 is 1.86. The van der Waals surface area contributed by atoms with Crippen LogP contribution in [0.4, 0.5) is 5.95 Å². The number of hydrogen-bond donors (Lipinski definition) is 2. The molecule has 82 valence electrons. The van der Waals surface area contributed by atoms with E-state index in [1.165, 1.54) is 0 Å². The molecule has 7 heteroatoms. The molecule has 1 aromatic rings. The van der Waals surface area contributed by atoms with E-state index in [1.807, 2.05) is 11.8 Å². The van der Waals surface area contributed by atoms with Crippen LogP contribution in [0.3, 0.4) is 0 Å². The van der Waals surface area contributed by atoms with Gasteiger partial charge < -0.3 is 10.6 Å². The zero-order chi connectivity index (χ0) is 10.8. The van der Waals surface area contributed by atoms with E-state index in [4.69, 9.17) is 5.73 Å². The third kappa shape index (κ3) is 2.06. The Hall–Kier alpha value is -1.24.